The van der Waals surface area contributed by atoms with Crippen molar-refractivity contribution >= 4 is 0 Å². The summed E-state index contributed by atoms with van der Waals surface area (Å²) in [5, 5.41) is 7.92. The van der Waals surface area contributed by atoms with E-state index in [1.54, 1.807) is 6.20 Å². The molecule has 0 bridgehead atoms. The number of hydrogen-bond acceptors (Lipinski definition) is 4. The summed E-state index contributed by atoms with van der Waals surface area (Å²) in [6.45, 7) is 8.61. The molecule has 0 atom stereocenters. The molecule has 0 aromatic carbocycles. The smallest absolute Gasteiger partial charge is 0.0724 e. The molecule has 2 heterocycles. The lowest BCUT2D eigenvalue weighted by Crippen LogP contribution is -2.17. The molecule has 2 aromatic heterocycles. The van der Waals surface area contributed by atoms with Gasteiger partial charge >= 0.3 is 0 Å². The average Bonchev–Trinajstić information content (AvgIpc) is 2.83. The van der Waals surface area contributed by atoms with Gasteiger partial charge in [0.15, 0.2) is 0 Å². The number of rotatable bonds is 6. The van der Waals surface area contributed by atoms with Crippen molar-refractivity contribution in [2.45, 2.75) is 46.8 Å². The van der Waals surface area contributed by atoms with Crippen LogP contribution in [-0.4, -0.2) is 19.7 Å². The van der Waals surface area contributed by atoms with E-state index in [0.29, 0.717) is 0 Å². The average molecular weight is 259 g/mol. The molecule has 2 rings (SSSR count). The van der Waals surface area contributed by atoms with Crippen LogP contribution >= 0.6 is 0 Å². The second-order valence-corrected chi connectivity index (χ2v) is 4.55. The van der Waals surface area contributed by atoms with Gasteiger partial charge in [0.25, 0.3) is 0 Å². The van der Waals surface area contributed by atoms with Gasteiger partial charge in [-0.2, -0.15) is 5.10 Å². The number of nitrogens with one attached hydrogen (secondary N) is 1. The molecule has 0 aliphatic heterocycles. The number of aromatic nitrogens is 4. The molecule has 0 saturated carbocycles. The number of aryl methyl sites for hydroxylation is 3. The summed E-state index contributed by atoms with van der Waals surface area (Å²) >= 11 is 0. The van der Waals surface area contributed by atoms with Gasteiger partial charge in [0.1, 0.15) is 0 Å². The Kier molecular flexibility index (Phi) is 4.63. The zero-order valence-electron chi connectivity index (χ0n) is 11.8. The Bertz CT molecular complexity index is 515. The molecule has 0 aliphatic rings. The Labute approximate surface area is 114 Å². The molecule has 0 radical (unpaired) electrons. The van der Waals surface area contributed by atoms with Crippen molar-refractivity contribution in [1.29, 1.82) is 0 Å². The summed E-state index contributed by atoms with van der Waals surface area (Å²) in [6.07, 6.45) is 4.59. The Morgan fingerprint density at radius 1 is 1.11 bits per heavy atom. The van der Waals surface area contributed by atoms with Crippen molar-refractivity contribution in [1.82, 2.24) is 25.1 Å². The first-order valence-corrected chi connectivity index (χ1v) is 6.76. The van der Waals surface area contributed by atoms with E-state index in [1.807, 2.05) is 17.8 Å². The summed E-state index contributed by atoms with van der Waals surface area (Å²) in [5.41, 5.74) is 4.28. The molecule has 5 nitrogen and oxygen atoms in total. The van der Waals surface area contributed by atoms with Crippen LogP contribution in [0.1, 0.15) is 36.6 Å². The SMILES string of the molecule is CCc1cc(CNCc2cnc(C)cn2)n(CC)n1. The van der Waals surface area contributed by atoms with Gasteiger partial charge in [-0.05, 0) is 26.3 Å². The van der Waals surface area contributed by atoms with Crippen LogP contribution in [0.15, 0.2) is 18.5 Å². The van der Waals surface area contributed by atoms with Crippen LogP contribution in [-0.2, 0) is 26.1 Å². The first kappa shape index (κ1) is 13.7. The van der Waals surface area contributed by atoms with Crippen LogP contribution in [0.3, 0.4) is 0 Å². The second-order valence-electron chi connectivity index (χ2n) is 4.55. The van der Waals surface area contributed by atoms with Crippen LogP contribution in [0.2, 0.25) is 0 Å². The fourth-order valence-electron chi connectivity index (χ4n) is 1.93. The normalized spacial score (nSPS) is 10.9. The van der Waals surface area contributed by atoms with Gasteiger partial charge in [0.05, 0.1) is 22.8 Å². The highest BCUT2D eigenvalue weighted by atomic mass is 15.3. The predicted molar refractivity (Wildman–Crippen MR) is 74.6 cm³/mol. The summed E-state index contributed by atoms with van der Waals surface area (Å²) in [6, 6.07) is 2.16. The highest BCUT2D eigenvalue weighted by Gasteiger charge is 2.05. The predicted octanol–water partition coefficient (Wildman–Crippen LogP) is 1.85. The maximum Gasteiger partial charge on any atom is 0.0724 e. The van der Waals surface area contributed by atoms with Crippen molar-refractivity contribution in [2.75, 3.05) is 0 Å². The van der Waals surface area contributed by atoms with E-state index in [2.05, 4.69) is 40.3 Å². The minimum atomic E-state index is 0.726. The summed E-state index contributed by atoms with van der Waals surface area (Å²) in [5.74, 6) is 0. The maximum atomic E-state index is 4.53. The van der Waals surface area contributed by atoms with E-state index in [4.69, 9.17) is 0 Å². The molecule has 0 unspecified atom stereocenters. The second kappa shape index (κ2) is 6.43. The monoisotopic (exact) mass is 259 g/mol. The molecule has 5 heteroatoms. The van der Waals surface area contributed by atoms with E-state index < -0.39 is 0 Å². The zero-order valence-corrected chi connectivity index (χ0v) is 11.8. The lowest BCUT2D eigenvalue weighted by Gasteiger charge is -2.06. The highest BCUT2D eigenvalue weighted by Crippen LogP contribution is 2.05. The number of hydrogen-bond donors (Lipinski definition) is 1. The third kappa shape index (κ3) is 3.61. The molecule has 0 saturated heterocycles. The van der Waals surface area contributed by atoms with E-state index in [9.17, 15) is 0 Å². The van der Waals surface area contributed by atoms with Gasteiger partial charge in [-0.25, -0.2) is 0 Å². The fourth-order valence-corrected chi connectivity index (χ4v) is 1.93. The van der Waals surface area contributed by atoms with Crippen molar-refractivity contribution in [3.63, 3.8) is 0 Å². The third-order valence-electron chi connectivity index (χ3n) is 3.02. The van der Waals surface area contributed by atoms with Gasteiger partial charge < -0.3 is 5.32 Å². The molecule has 1 N–H and O–H groups in total. The maximum absolute atomic E-state index is 4.53. The van der Waals surface area contributed by atoms with Crippen molar-refractivity contribution in [3.8, 4) is 0 Å². The van der Waals surface area contributed by atoms with E-state index in [0.717, 1.165) is 43.1 Å². The lowest BCUT2D eigenvalue weighted by molar-refractivity contribution is 0.574. The van der Waals surface area contributed by atoms with Crippen LogP contribution in [0, 0.1) is 6.92 Å². The van der Waals surface area contributed by atoms with Crippen LogP contribution < -0.4 is 5.32 Å². The topological polar surface area (TPSA) is 55.6 Å². The Morgan fingerprint density at radius 3 is 2.58 bits per heavy atom. The van der Waals surface area contributed by atoms with Crippen molar-refractivity contribution < 1.29 is 0 Å². The van der Waals surface area contributed by atoms with Gasteiger partial charge in [0.2, 0.25) is 0 Å². The minimum absolute atomic E-state index is 0.726. The summed E-state index contributed by atoms with van der Waals surface area (Å²) in [4.78, 5) is 8.56. The van der Waals surface area contributed by atoms with E-state index in [-0.39, 0.29) is 0 Å². The van der Waals surface area contributed by atoms with Crippen molar-refractivity contribution in [3.05, 3.63) is 41.2 Å². The van der Waals surface area contributed by atoms with Crippen LogP contribution in [0.4, 0.5) is 0 Å². The minimum Gasteiger partial charge on any atom is -0.305 e. The molecular weight excluding hydrogens is 238 g/mol. The molecule has 0 aliphatic carbocycles. The van der Waals surface area contributed by atoms with Gasteiger partial charge in [-0.15, -0.1) is 0 Å². The Balaban J connectivity index is 1.91. The first-order chi connectivity index (χ1) is 9.22. The highest BCUT2D eigenvalue weighted by molar-refractivity contribution is 5.10. The standard InChI is InChI=1S/C14H21N5/c1-4-12-6-14(19(5-2)18-12)10-15-8-13-9-16-11(3)7-17-13/h6-7,9,15H,4-5,8,10H2,1-3H3. The molecule has 0 amide bonds. The molecule has 19 heavy (non-hydrogen) atoms. The molecule has 0 spiro atoms. The van der Waals surface area contributed by atoms with E-state index in [1.165, 1.54) is 5.69 Å². The van der Waals surface area contributed by atoms with Gasteiger partial charge in [-0.3, -0.25) is 14.6 Å². The zero-order chi connectivity index (χ0) is 13.7. The van der Waals surface area contributed by atoms with Crippen molar-refractivity contribution in [2.24, 2.45) is 0 Å². The third-order valence-corrected chi connectivity index (χ3v) is 3.02. The molecular formula is C14H21N5. The lowest BCUT2D eigenvalue weighted by atomic mass is 10.3. The van der Waals surface area contributed by atoms with Crippen LogP contribution in [0.5, 0.6) is 0 Å². The molecule has 102 valence electrons. The quantitative estimate of drug-likeness (QED) is 0.860. The van der Waals surface area contributed by atoms with Gasteiger partial charge in [-0.1, -0.05) is 6.92 Å². The van der Waals surface area contributed by atoms with Crippen LogP contribution in [0.25, 0.3) is 0 Å². The first-order valence-electron chi connectivity index (χ1n) is 6.76. The Hall–Kier alpha value is -1.75. The summed E-state index contributed by atoms with van der Waals surface area (Å²) < 4.78 is 2.05. The molecule has 0 fully saturated rings. The summed E-state index contributed by atoms with van der Waals surface area (Å²) in [7, 11) is 0. The van der Waals surface area contributed by atoms with E-state index >= 15 is 0 Å². The largest absolute Gasteiger partial charge is 0.305 e. The molecule has 2 aromatic rings. The fraction of sp³-hybridized carbons (Fsp3) is 0.500. The van der Waals surface area contributed by atoms with Gasteiger partial charge in [0, 0.05) is 32.0 Å². The number of nitrogens with zero attached hydrogens (tertiary/aromatic N) is 4. The Morgan fingerprint density at radius 2 is 1.95 bits per heavy atom.